The lowest BCUT2D eigenvalue weighted by molar-refractivity contribution is 0.633. The number of fused-ring (bicyclic) bond motifs is 1. The number of rotatable bonds is 0. The molecular weight excluding hydrogens is 256 g/mol. The molecule has 2 aromatic rings. The molecule has 1 heterocycles. The zero-order valence-corrected chi connectivity index (χ0v) is 7.72. The molecule has 0 aliphatic carbocycles. The predicted octanol–water partition coefficient (Wildman–Crippen LogP) is 2.91. The third kappa shape index (κ3) is 1.03. The van der Waals surface area contributed by atoms with Crippen molar-refractivity contribution in [2.45, 2.75) is 0 Å². The molecule has 0 radical (unpaired) electrons. The molecule has 0 aliphatic heterocycles. The molecule has 2 rings (SSSR count). The second kappa shape index (κ2) is 2.48. The van der Waals surface area contributed by atoms with Crippen molar-refractivity contribution in [3.05, 3.63) is 33.8 Å². The quantitative estimate of drug-likeness (QED) is 0.702. The first kappa shape index (κ1) is 7.09. The summed E-state index contributed by atoms with van der Waals surface area (Å²) in [6.45, 7) is 0. The Kier molecular flexibility index (Phi) is 1.60. The molecule has 1 aromatic carbocycles. The fraction of sp³-hybridized carbons (Fsp3) is 0. The molecule has 0 unspecified atom stereocenters. The van der Waals surface area contributed by atoms with E-state index in [0.717, 1.165) is 5.52 Å². The molecule has 0 bridgehead atoms. The molecular formula is C8H5FIN. The second-order valence-electron chi connectivity index (χ2n) is 2.30. The van der Waals surface area contributed by atoms with Crippen LogP contribution in [-0.4, -0.2) is 4.98 Å². The Hall–Kier alpha value is -0.580. The maximum absolute atomic E-state index is 13.2. The Balaban J connectivity index is 2.93. The number of nitrogens with one attached hydrogen (secondary N) is 1. The summed E-state index contributed by atoms with van der Waals surface area (Å²) < 4.78 is 13.9. The second-order valence-corrected chi connectivity index (χ2v) is 3.46. The number of H-pyrrole nitrogens is 1. The molecule has 1 N–H and O–H groups in total. The normalized spacial score (nSPS) is 10.7. The Morgan fingerprint density at radius 3 is 2.91 bits per heavy atom. The van der Waals surface area contributed by atoms with Crippen LogP contribution in [0, 0.1) is 9.39 Å². The maximum atomic E-state index is 13.2. The molecule has 0 saturated heterocycles. The van der Waals surface area contributed by atoms with Gasteiger partial charge in [-0.15, -0.1) is 0 Å². The van der Waals surface area contributed by atoms with Gasteiger partial charge in [-0.2, -0.15) is 0 Å². The third-order valence-corrected chi connectivity index (χ3v) is 2.45. The van der Waals surface area contributed by atoms with Crippen LogP contribution in [0.25, 0.3) is 10.9 Å². The first-order valence-corrected chi connectivity index (χ1v) is 4.28. The summed E-state index contributed by atoms with van der Waals surface area (Å²) in [7, 11) is 0. The highest BCUT2D eigenvalue weighted by atomic mass is 127. The maximum Gasteiger partial charge on any atom is 0.145 e. The molecule has 1 nitrogen and oxygen atoms in total. The van der Waals surface area contributed by atoms with Crippen LogP contribution in [0.15, 0.2) is 24.4 Å². The van der Waals surface area contributed by atoms with E-state index < -0.39 is 0 Å². The lowest BCUT2D eigenvalue weighted by Gasteiger charge is -1.94. The molecule has 0 aliphatic rings. The van der Waals surface area contributed by atoms with Gasteiger partial charge in [0.25, 0.3) is 0 Å². The monoisotopic (exact) mass is 261 g/mol. The van der Waals surface area contributed by atoms with Gasteiger partial charge in [-0.25, -0.2) is 4.39 Å². The molecule has 1 aromatic heterocycles. The number of halogens is 2. The molecule has 0 atom stereocenters. The van der Waals surface area contributed by atoms with Crippen molar-refractivity contribution in [1.29, 1.82) is 0 Å². The predicted molar refractivity (Wildman–Crippen MR) is 51.0 cm³/mol. The summed E-state index contributed by atoms with van der Waals surface area (Å²) in [5.74, 6) is -0.135. The van der Waals surface area contributed by atoms with Gasteiger partial charge in [0, 0.05) is 20.7 Å². The van der Waals surface area contributed by atoms with E-state index in [4.69, 9.17) is 0 Å². The number of aromatic amines is 1. The summed E-state index contributed by atoms with van der Waals surface area (Å²) in [6.07, 6.45) is 1.74. The molecule has 3 heteroatoms. The van der Waals surface area contributed by atoms with Crippen molar-refractivity contribution in [3.63, 3.8) is 0 Å². The van der Waals surface area contributed by atoms with Crippen LogP contribution in [0.5, 0.6) is 0 Å². The third-order valence-electron chi connectivity index (χ3n) is 1.62. The lowest BCUT2D eigenvalue weighted by Crippen LogP contribution is -1.80. The topological polar surface area (TPSA) is 15.8 Å². The van der Waals surface area contributed by atoms with Gasteiger partial charge in [0.1, 0.15) is 5.82 Å². The number of hydrogen-bond acceptors (Lipinski definition) is 0. The summed E-state index contributed by atoms with van der Waals surface area (Å²) in [5, 5.41) is 0.664. The van der Waals surface area contributed by atoms with E-state index in [-0.39, 0.29) is 5.82 Å². The number of hydrogen-bond donors (Lipinski definition) is 1. The van der Waals surface area contributed by atoms with Crippen molar-refractivity contribution in [2.75, 3.05) is 0 Å². The molecule has 0 fully saturated rings. The highest BCUT2D eigenvalue weighted by Crippen LogP contribution is 2.20. The Labute approximate surface area is 76.7 Å². The standard InChI is InChI=1S/C8H5FIN/c9-8-5-3-4-11-7(5)2-1-6(8)10/h1-4,11H. The van der Waals surface area contributed by atoms with Crippen LogP contribution >= 0.6 is 22.6 Å². The summed E-state index contributed by atoms with van der Waals surface area (Å²) in [5.41, 5.74) is 0.850. The zero-order chi connectivity index (χ0) is 7.84. The van der Waals surface area contributed by atoms with Gasteiger partial charge >= 0.3 is 0 Å². The largest absolute Gasteiger partial charge is 0.361 e. The highest BCUT2D eigenvalue weighted by molar-refractivity contribution is 14.1. The summed E-state index contributed by atoms with van der Waals surface area (Å²) >= 11 is 1.98. The molecule has 11 heavy (non-hydrogen) atoms. The smallest absolute Gasteiger partial charge is 0.145 e. The van der Waals surface area contributed by atoms with Crippen molar-refractivity contribution in [3.8, 4) is 0 Å². The van der Waals surface area contributed by atoms with Gasteiger partial charge < -0.3 is 4.98 Å². The van der Waals surface area contributed by atoms with E-state index in [0.29, 0.717) is 8.96 Å². The molecule has 56 valence electrons. The lowest BCUT2D eigenvalue weighted by atomic mass is 10.2. The van der Waals surface area contributed by atoms with Gasteiger partial charge in [0.15, 0.2) is 0 Å². The number of aromatic nitrogens is 1. The van der Waals surface area contributed by atoms with Crippen molar-refractivity contribution >= 4 is 33.5 Å². The van der Waals surface area contributed by atoms with Crippen molar-refractivity contribution in [2.24, 2.45) is 0 Å². The summed E-state index contributed by atoms with van der Waals surface area (Å²) in [6, 6.07) is 5.38. The van der Waals surface area contributed by atoms with Gasteiger partial charge in [-0.3, -0.25) is 0 Å². The van der Waals surface area contributed by atoms with Crippen LogP contribution in [-0.2, 0) is 0 Å². The Bertz CT molecular complexity index is 394. The minimum absolute atomic E-state index is 0.135. The SMILES string of the molecule is Fc1c(I)ccc2[nH]ccc12. The minimum atomic E-state index is -0.135. The first-order chi connectivity index (χ1) is 5.29. The highest BCUT2D eigenvalue weighted by Gasteiger charge is 2.03. The molecule has 0 saturated carbocycles. The van der Waals surface area contributed by atoms with Gasteiger partial charge in [0.05, 0.1) is 0 Å². The van der Waals surface area contributed by atoms with Crippen molar-refractivity contribution < 1.29 is 4.39 Å². The van der Waals surface area contributed by atoms with Crippen LogP contribution in [0.4, 0.5) is 4.39 Å². The van der Waals surface area contributed by atoms with Gasteiger partial charge in [-0.05, 0) is 40.8 Å². The fourth-order valence-electron chi connectivity index (χ4n) is 1.07. The zero-order valence-electron chi connectivity index (χ0n) is 5.57. The molecule has 0 amide bonds. The first-order valence-electron chi connectivity index (χ1n) is 3.20. The van der Waals surface area contributed by atoms with E-state index in [1.165, 1.54) is 0 Å². The summed E-state index contributed by atoms with van der Waals surface area (Å²) in [4.78, 5) is 2.94. The van der Waals surface area contributed by atoms with Crippen LogP contribution < -0.4 is 0 Å². The van der Waals surface area contributed by atoms with Crippen molar-refractivity contribution in [1.82, 2.24) is 4.98 Å². The fourth-order valence-corrected chi connectivity index (χ4v) is 1.54. The van der Waals surface area contributed by atoms with Crippen LogP contribution in [0.2, 0.25) is 0 Å². The Morgan fingerprint density at radius 1 is 1.27 bits per heavy atom. The minimum Gasteiger partial charge on any atom is -0.361 e. The van der Waals surface area contributed by atoms with E-state index in [9.17, 15) is 4.39 Å². The number of benzene rings is 1. The van der Waals surface area contributed by atoms with Gasteiger partial charge in [-0.1, -0.05) is 0 Å². The van der Waals surface area contributed by atoms with Crippen LogP contribution in [0.3, 0.4) is 0 Å². The average molecular weight is 261 g/mol. The average Bonchev–Trinajstić information content (AvgIpc) is 2.45. The van der Waals surface area contributed by atoms with Crippen LogP contribution in [0.1, 0.15) is 0 Å². The van der Waals surface area contributed by atoms with Gasteiger partial charge in [0.2, 0.25) is 0 Å². The van der Waals surface area contributed by atoms with E-state index in [1.807, 2.05) is 28.7 Å². The Morgan fingerprint density at radius 2 is 2.09 bits per heavy atom. The van der Waals surface area contributed by atoms with E-state index in [2.05, 4.69) is 4.98 Å². The molecule has 0 spiro atoms. The van der Waals surface area contributed by atoms with E-state index in [1.54, 1.807) is 18.3 Å². The van der Waals surface area contributed by atoms with E-state index >= 15 is 0 Å².